The summed E-state index contributed by atoms with van der Waals surface area (Å²) in [4.78, 5) is 5.16. The second-order valence-electron chi connectivity index (χ2n) is 8.35. The van der Waals surface area contributed by atoms with Crippen LogP contribution in [0.15, 0.2) is 42.5 Å². The van der Waals surface area contributed by atoms with E-state index < -0.39 is 0 Å². The molecule has 1 atom stereocenters. The molecule has 3 aliphatic rings. The average molecular weight is 378 g/mol. The van der Waals surface area contributed by atoms with Crippen LogP contribution in [0.5, 0.6) is 5.75 Å². The highest BCUT2D eigenvalue weighted by atomic mass is 16.5. The lowest BCUT2D eigenvalue weighted by molar-refractivity contribution is 0.250. The lowest BCUT2D eigenvalue weighted by Crippen LogP contribution is -2.46. The molecule has 1 saturated heterocycles. The zero-order chi connectivity index (χ0) is 18.8. The molecule has 3 heterocycles. The van der Waals surface area contributed by atoms with E-state index in [1.54, 1.807) is 0 Å². The van der Waals surface area contributed by atoms with Crippen LogP contribution in [0.25, 0.3) is 0 Å². The number of rotatable bonds is 6. The maximum absolute atomic E-state index is 5.90. The first-order valence-electron chi connectivity index (χ1n) is 10.9. The van der Waals surface area contributed by atoms with Crippen LogP contribution in [0.3, 0.4) is 0 Å². The second kappa shape index (κ2) is 8.04. The van der Waals surface area contributed by atoms with Gasteiger partial charge < -0.3 is 15.0 Å². The van der Waals surface area contributed by atoms with Gasteiger partial charge in [0.1, 0.15) is 5.75 Å². The minimum atomic E-state index is 0.702. The van der Waals surface area contributed by atoms with Crippen molar-refractivity contribution < 1.29 is 4.74 Å². The molecule has 1 unspecified atom stereocenters. The van der Waals surface area contributed by atoms with E-state index >= 15 is 0 Å². The Labute approximate surface area is 168 Å². The van der Waals surface area contributed by atoms with Crippen molar-refractivity contribution in [2.24, 2.45) is 0 Å². The van der Waals surface area contributed by atoms with Crippen LogP contribution >= 0.6 is 0 Å². The van der Waals surface area contributed by atoms with Crippen molar-refractivity contribution in [2.75, 3.05) is 56.1 Å². The van der Waals surface area contributed by atoms with Gasteiger partial charge in [-0.15, -0.1) is 0 Å². The summed E-state index contributed by atoms with van der Waals surface area (Å²) in [6.07, 6.45) is 4.99. The zero-order valence-corrected chi connectivity index (χ0v) is 16.7. The number of hydrogen-bond donors (Lipinski definition) is 1. The molecule has 0 saturated carbocycles. The van der Waals surface area contributed by atoms with Crippen LogP contribution in [-0.4, -0.2) is 50.8 Å². The Morgan fingerprint density at radius 3 is 2.79 bits per heavy atom. The second-order valence-corrected chi connectivity index (χ2v) is 8.35. The quantitative estimate of drug-likeness (QED) is 0.767. The van der Waals surface area contributed by atoms with Crippen molar-refractivity contribution >= 4 is 11.4 Å². The van der Waals surface area contributed by atoms with Gasteiger partial charge in [-0.25, -0.2) is 0 Å². The Balaban J connectivity index is 1.06. The van der Waals surface area contributed by atoms with Crippen LogP contribution in [0, 0.1) is 0 Å². The molecule has 0 bridgehead atoms. The fourth-order valence-electron chi connectivity index (χ4n) is 5.00. The number of hydrogen-bond acceptors (Lipinski definition) is 4. The molecule has 2 aromatic rings. The number of nitrogens with zero attached hydrogens (tertiary/aromatic N) is 2. The molecule has 1 N–H and O–H groups in total. The van der Waals surface area contributed by atoms with Gasteiger partial charge >= 0.3 is 0 Å². The summed E-state index contributed by atoms with van der Waals surface area (Å²) >= 11 is 0. The molecule has 0 amide bonds. The van der Waals surface area contributed by atoms with E-state index in [2.05, 4.69) is 57.6 Å². The van der Waals surface area contributed by atoms with Gasteiger partial charge in [-0.05, 0) is 42.6 Å². The van der Waals surface area contributed by atoms with E-state index in [9.17, 15) is 0 Å². The highest BCUT2D eigenvalue weighted by molar-refractivity contribution is 5.63. The SMILES string of the molecule is c1ccc2c(c1)NCC2CCCCN1CCN(c2cccc3c2OCC3)CC1. The first-order chi connectivity index (χ1) is 13.9. The van der Waals surface area contributed by atoms with Crippen molar-refractivity contribution in [3.8, 4) is 5.75 Å². The summed E-state index contributed by atoms with van der Waals surface area (Å²) in [6.45, 7) is 7.74. The third-order valence-corrected chi connectivity index (χ3v) is 6.62. The van der Waals surface area contributed by atoms with Crippen molar-refractivity contribution in [1.82, 2.24) is 4.90 Å². The van der Waals surface area contributed by atoms with Gasteiger partial charge in [0.2, 0.25) is 0 Å². The maximum atomic E-state index is 5.90. The molecule has 2 aromatic carbocycles. The topological polar surface area (TPSA) is 27.7 Å². The monoisotopic (exact) mass is 377 g/mol. The Kier molecular flexibility index (Phi) is 5.13. The normalized spacial score (nSPS) is 21.1. The van der Waals surface area contributed by atoms with Crippen molar-refractivity contribution in [3.05, 3.63) is 53.6 Å². The van der Waals surface area contributed by atoms with Gasteiger partial charge in [-0.1, -0.05) is 36.8 Å². The Hall–Kier alpha value is -2.20. The number of ether oxygens (including phenoxy) is 1. The molecule has 0 radical (unpaired) electrons. The molecular formula is C24H31N3O. The number of anilines is 2. The third kappa shape index (κ3) is 3.58. The van der Waals surface area contributed by atoms with Gasteiger partial charge in [-0.2, -0.15) is 0 Å². The summed E-state index contributed by atoms with van der Waals surface area (Å²) in [5.74, 6) is 1.84. The van der Waals surface area contributed by atoms with Crippen LogP contribution < -0.4 is 15.0 Å². The van der Waals surface area contributed by atoms with Gasteiger partial charge in [0.25, 0.3) is 0 Å². The molecular weight excluding hydrogens is 346 g/mol. The van der Waals surface area contributed by atoms with Gasteiger partial charge in [-0.3, -0.25) is 4.90 Å². The fraction of sp³-hybridized carbons (Fsp3) is 0.500. The summed E-state index contributed by atoms with van der Waals surface area (Å²) in [5.41, 5.74) is 5.55. The highest BCUT2D eigenvalue weighted by Crippen LogP contribution is 2.37. The van der Waals surface area contributed by atoms with E-state index in [0.29, 0.717) is 5.92 Å². The van der Waals surface area contributed by atoms with E-state index in [-0.39, 0.29) is 0 Å². The highest BCUT2D eigenvalue weighted by Gasteiger charge is 2.24. The number of unbranched alkanes of at least 4 members (excludes halogenated alkanes) is 1. The van der Waals surface area contributed by atoms with Gasteiger partial charge in [0.15, 0.2) is 0 Å². The molecule has 3 aliphatic heterocycles. The molecule has 1 fully saturated rings. The summed E-state index contributed by atoms with van der Waals surface area (Å²) in [5, 5.41) is 3.55. The Morgan fingerprint density at radius 2 is 1.86 bits per heavy atom. The number of para-hydroxylation sites is 2. The molecule has 28 heavy (non-hydrogen) atoms. The predicted molar refractivity (Wildman–Crippen MR) is 116 cm³/mol. The van der Waals surface area contributed by atoms with E-state index in [4.69, 9.17) is 4.74 Å². The molecule has 0 spiro atoms. The predicted octanol–water partition coefficient (Wildman–Crippen LogP) is 4.12. The van der Waals surface area contributed by atoms with Crippen LogP contribution in [-0.2, 0) is 6.42 Å². The molecule has 0 aliphatic carbocycles. The average Bonchev–Trinajstić information content (AvgIpc) is 3.39. The zero-order valence-electron chi connectivity index (χ0n) is 16.7. The first-order valence-corrected chi connectivity index (χ1v) is 10.9. The minimum absolute atomic E-state index is 0.702. The van der Waals surface area contributed by atoms with Crippen molar-refractivity contribution in [1.29, 1.82) is 0 Å². The lowest BCUT2D eigenvalue weighted by atomic mass is 9.95. The minimum Gasteiger partial charge on any atom is -0.491 e. The summed E-state index contributed by atoms with van der Waals surface area (Å²) < 4.78 is 5.90. The third-order valence-electron chi connectivity index (χ3n) is 6.62. The van der Waals surface area contributed by atoms with E-state index in [1.807, 2.05) is 0 Å². The number of fused-ring (bicyclic) bond motifs is 2. The van der Waals surface area contributed by atoms with Crippen molar-refractivity contribution in [3.63, 3.8) is 0 Å². The Bertz CT molecular complexity index is 813. The van der Waals surface area contributed by atoms with Crippen molar-refractivity contribution in [2.45, 2.75) is 31.6 Å². The van der Waals surface area contributed by atoms with Crippen LogP contribution in [0.4, 0.5) is 11.4 Å². The van der Waals surface area contributed by atoms with Crippen LogP contribution in [0.2, 0.25) is 0 Å². The summed E-state index contributed by atoms with van der Waals surface area (Å²) in [6, 6.07) is 15.4. The summed E-state index contributed by atoms with van der Waals surface area (Å²) in [7, 11) is 0. The number of nitrogens with one attached hydrogen (secondary N) is 1. The first kappa shape index (κ1) is 17.9. The standard InChI is InChI=1S/C24H31N3O/c1-2-9-22-21(8-1)20(18-25-22)6-3-4-12-26-13-15-27(16-14-26)23-10-5-7-19-11-17-28-24(19)23/h1-2,5,7-10,20,25H,3-4,6,11-18H2. The Morgan fingerprint density at radius 1 is 0.964 bits per heavy atom. The molecule has 4 nitrogen and oxygen atoms in total. The lowest BCUT2D eigenvalue weighted by Gasteiger charge is -2.36. The molecule has 148 valence electrons. The number of piperazine rings is 1. The molecule has 4 heteroatoms. The van der Waals surface area contributed by atoms with E-state index in [1.165, 1.54) is 48.3 Å². The largest absolute Gasteiger partial charge is 0.491 e. The molecule has 0 aromatic heterocycles. The van der Waals surface area contributed by atoms with Crippen LogP contribution in [0.1, 0.15) is 36.3 Å². The van der Waals surface area contributed by atoms with Gasteiger partial charge in [0, 0.05) is 50.7 Å². The fourth-order valence-corrected chi connectivity index (χ4v) is 5.00. The van der Waals surface area contributed by atoms with Gasteiger partial charge in [0.05, 0.1) is 12.3 Å². The van der Waals surface area contributed by atoms with E-state index in [0.717, 1.165) is 51.5 Å². The molecule has 5 rings (SSSR count). The smallest absolute Gasteiger partial charge is 0.145 e. The maximum Gasteiger partial charge on any atom is 0.145 e. The number of benzene rings is 2.